The molecule has 112 valence electrons. The summed E-state index contributed by atoms with van der Waals surface area (Å²) in [6.45, 7) is 6.07. The Morgan fingerprint density at radius 3 is 2.62 bits per heavy atom. The maximum atomic E-state index is 7.45. The van der Waals surface area contributed by atoms with Gasteiger partial charge in [0.2, 0.25) is 0 Å². The van der Waals surface area contributed by atoms with E-state index >= 15 is 0 Å². The lowest BCUT2D eigenvalue weighted by Crippen LogP contribution is -2.29. The summed E-state index contributed by atoms with van der Waals surface area (Å²) in [5.41, 5.74) is 7.22. The molecule has 0 atom stereocenters. The molecule has 1 aromatic heterocycles. The lowest BCUT2D eigenvalue weighted by atomic mass is 10.1. The van der Waals surface area contributed by atoms with E-state index in [9.17, 15) is 0 Å². The van der Waals surface area contributed by atoms with Crippen molar-refractivity contribution in [3.8, 4) is 0 Å². The minimum absolute atomic E-state index is 0.0442. The fraction of sp³-hybridized carbons (Fsp3) is 0.312. The maximum absolute atomic E-state index is 7.45. The summed E-state index contributed by atoms with van der Waals surface area (Å²) in [4.78, 5) is 3.72. The van der Waals surface area contributed by atoms with E-state index in [2.05, 4.69) is 36.3 Å². The van der Waals surface area contributed by atoms with Crippen molar-refractivity contribution in [3.63, 3.8) is 0 Å². The zero-order chi connectivity index (χ0) is 15.4. The molecule has 0 unspecified atom stereocenters. The molecule has 0 saturated carbocycles. The monoisotopic (exact) mass is 321 g/mol. The number of rotatable bonds is 6. The second kappa shape index (κ2) is 7.07. The van der Waals surface area contributed by atoms with Gasteiger partial charge in [0.05, 0.1) is 0 Å². The third-order valence-corrected chi connectivity index (χ3v) is 4.62. The first-order valence-electron chi connectivity index (χ1n) is 6.86. The molecule has 2 rings (SSSR count). The van der Waals surface area contributed by atoms with Crippen molar-refractivity contribution < 1.29 is 0 Å². The average molecular weight is 322 g/mol. The number of thiophene rings is 1. The molecule has 3 nitrogen and oxygen atoms in total. The summed E-state index contributed by atoms with van der Waals surface area (Å²) in [5, 5.41) is 10.2. The van der Waals surface area contributed by atoms with Crippen LogP contribution in [0.1, 0.15) is 29.9 Å². The van der Waals surface area contributed by atoms with E-state index in [1.807, 2.05) is 12.1 Å². The van der Waals surface area contributed by atoms with E-state index in [0.717, 1.165) is 18.7 Å². The van der Waals surface area contributed by atoms with Crippen LogP contribution in [-0.2, 0) is 13.1 Å². The van der Waals surface area contributed by atoms with Gasteiger partial charge in [-0.1, -0.05) is 29.8 Å². The summed E-state index contributed by atoms with van der Waals surface area (Å²) in [6, 6.07) is 10.2. The fourth-order valence-corrected chi connectivity index (χ4v) is 3.06. The van der Waals surface area contributed by atoms with Crippen molar-refractivity contribution >= 4 is 28.8 Å². The quantitative estimate of drug-likeness (QED) is 0.621. The highest BCUT2D eigenvalue weighted by Crippen LogP contribution is 2.22. The molecule has 0 bridgehead atoms. The van der Waals surface area contributed by atoms with Gasteiger partial charge in [-0.25, -0.2) is 0 Å². The maximum Gasteiger partial charge on any atom is 0.122 e. The van der Waals surface area contributed by atoms with Gasteiger partial charge in [0, 0.05) is 34.6 Å². The Bertz CT molecular complexity index is 608. The number of benzene rings is 1. The molecule has 0 saturated heterocycles. The molecular weight excluding hydrogens is 302 g/mol. The smallest absolute Gasteiger partial charge is 0.122 e. The summed E-state index contributed by atoms with van der Waals surface area (Å²) in [7, 11) is 0. The Balaban J connectivity index is 2.15. The third kappa shape index (κ3) is 4.30. The molecule has 0 fully saturated rings. The molecule has 1 heterocycles. The minimum Gasteiger partial charge on any atom is -0.384 e. The Labute approximate surface area is 134 Å². The number of nitrogens with two attached hydrogens (primary N) is 1. The van der Waals surface area contributed by atoms with E-state index < -0.39 is 0 Å². The van der Waals surface area contributed by atoms with Gasteiger partial charge in [0.15, 0.2) is 0 Å². The second-order valence-corrected chi connectivity index (χ2v) is 6.74. The van der Waals surface area contributed by atoms with Crippen LogP contribution in [0.5, 0.6) is 0 Å². The van der Waals surface area contributed by atoms with Gasteiger partial charge in [-0.3, -0.25) is 10.3 Å². The molecule has 1 aromatic carbocycles. The lowest BCUT2D eigenvalue weighted by Gasteiger charge is -2.26. The number of nitrogens with zero attached hydrogens (tertiary/aromatic N) is 1. The van der Waals surface area contributed by atoms with Crippen molar-refractivity contribution in [2.24, 2.45) is 5.73 Å². The van der Waals surface area contributed by atoms with Crippen LogP contribution in [0.4, 0.5) is 0 Å². The summed E-state index contributed by atoms with van der Waals surface area (Å²) in [6.07, 6.45) is 0. The number of hydrogen-bond acceptors (Lipinski definition) is 3. The molecule has 5 heteroatoms. The van der Waals surface area contributed by atoms with Gasteiger partial charge in [0.1, 0.15) is 5.84 Å². The van der Waals surface area contributed by atoms with Crippen molar-refractivity contribution in [2.75, 3.05) is 0 Å². The number of nitrogen functional groups attached to an aromatic ring is 1. The first-order chi connectivity index (χ1) is 9.97. The van der Waals surface area contributed by atoms with Gasteiger partial charge in [-0.15, -0.1) is 11.3 Å². The van der Waals surface area contributed by atoms with E-state index in [1.54, 1.807) is 17.4 Å². The first kappa shape index (κ1) is 16.0. The second-order valence-electron chi connectivity index (χ2n) is 5.30. The molecule has 2 aromatic rings. The molecule has 0 aliphatic carbocycles. The Morgan fingerprint density at radius 1 is 1.33 bits per heavy atom. The van der Waals surface area contributed by atoms with Crippen LogP contribution in [0.15, 0.2) is 35.7 Å². The molecule has 0 aliphatic heterocycles. The highest BCUT2D eigenvalue weighted by Gasteiger charge is 2.14. The van der Waals surface area contributed by atoms with Gasteiger partial charge in [-0.05, 0) is 36.9 Å². The average Bonchev–Trinajstić information content (AvgIpc) is 2.92. The Hall–Kier alpha value is -1.36. The van der Waals surface area contributed by atoms with Gasteiger partial charge < -0.3 is 5.73 Å². The largest absolute Gasteiger partial charge is 0.384 e. The third-order valence-electron chi connectivity index (χ3n) is 3.41. The summed E-state index contributed by atoms with van der Waals surface area (Å²) < 4.78 is 0. The molecule has 0 radical (unpaired) electrons. The molecule has 0 spiro atoms. The van der Waals surface area contributed by atoms with Crippen LogP contribution < -0.4 is 5.73 Å². The zero-order valence-corrected chi connectivity index (χ0v) is 13.8. The fourth-order valence-electron chi connectivity index (χ4n) is 2.09. The summed E-state index contributed by atoms with van der Waals surface area (Å²) >= 11 is 8.10. The van der Waals surface area contributed by atoms with Crippen molar-refractivity contribution in [2.45, 2.75) is 33.0 Å². The van der Waals surface area contributed by atoms with Crippen molar-refractivity contribution in [1.29, 1.82) is 5.41 Å². The SMILES string of the molecule is CC(C)N(Cc1cccs1)Cc1ccc(C(=N)N)cc1Cl. The Morgan fingerprint density at radius 2 is 2.10 bits per heavy atom. The number of hydrogen-bond donors (Lipinski definition) is 2. The lowest BCUT2D eigenvalue weighted by molar-refractivity contribution is 0.205. The van der Waals surface area contributed by atoms with Gasteiger partial charge >= 0.3 is 0 Å². The molecule has 3 N–H and O–H groups in total. The van der Waals surface area contributed by atoms with Crippen LogP contribution in [-0.4, -0.2) is 16.8 Å². The van der Waals surface area contributed by atoms with Crippen LogP contribution in [0.2, 0.25) is 5.02 Å². The Kier molecular flexibility index (Phi) is 5.39. The molecule has 0 aliphatic rings. The van der Waals surface area contributed by atoms with Crippen LogP contribution in [0.3, 0.4) is 0 Å². The molecular formula is C16H20ClN3S. The van der Waals surface area contributed by atoms with E-state index in [-0.39, 0.29) is 5.84 Å². The normalized spacial score (nSPS) is 11.3. The number of amidine groups is 1. The number of nitrogens with one attached hydrogen (secondary N) is 1. The zero-order valence-electron chi connectivity index (χ0n) is 12.3. The van der Waals surface area contributed by atoms with Crippen LogP contribution >= 0.6 is 22.9 Å². The predicted molar refractivity (Wildman–Crippen MR) is 91.2 cm³/mol. The van der Waals surface area contributed by atoms with Crippen LogP contribution in [0.25, 0.3) is 0 Å². The molecule has 0 amide bonds. The number of halogens is 1. The minimum atomic E-state index is 0.0442. The highest BCUT2D eigenvalue weighted by molar-refractivity contribution is 7.09. The molecule has 21 heavy (non-hydrogen) atoms. The topological polar surface area (TPSA) is 53.1 Å². The van der Waals surface area contributed by atoms with Gasteiger partial charge in [-0.2, -0.15) is 0 Å². The summed E-state index contributed by atoms with van der Waals surface area (Å²) in [5.74, 6) is 0.0442. The van der Waals surface area contributed by atoms with Crippen LogP contribution in [0, 0.1) is 5.41 Å². The van der Waals surface area contributed by atoms with Crippen molar-refractivity contribution in [1.82, 2.24) is 4.90 Å². The highest BCUT2D eigenvalue weighted by atomic mass is 35.5. The first-order valence-corrected chi connectivity index (χ1v) is 8.12. The van der Waals surface area contributed by atoms with E-state index in [4.69, 9.17) is 22.7 Å². The van der Waals surface area contributed by atoms with Gasteiger partial charge in [0.25, 0.3) is 0 Å². The van der Waals surface area contributed by atoms with Crippen molar-refractivity contribution in [3.05, 3.63) is 56.7 Å². The predicted octanol–water partition coefficient (Wildman–Crippen LogP) is 4.10. The van der Waals surface area contributed by atoms with E-state index in [1.165, 1.54) is 4.88 Å². The van der Waals surface area contributed by atoms with E-state index in [0.29, 0.717) is 16.6 Å². The standard InChI is InChI=1S/C16H20ClN3S/c1-11(2)20(10-14-4-3-7-21-14)9-13-6-5-12(16(18)19)8-15(13)17/h3-8,11H,9-10H2,1-2H3,(H3,18,19).